The molecule has 2 rings (SSSR count). The molecule has 4 nitrogen and oxygen atoms in total. The van der Waals surface area contributed by atoms with Gasteiger partial charge in [-0.2, -0.15) is 0 Å². The summed E-state index contributed by atoms with van der Waals surface area (Å²) in [5, 5.41) is 2.70. The molecule has 1 fully saturated rings. The number of halogens is 1. The molecule has 2 atom stereocenters. The number of carbonyl (C=O) groups is 1. The topological polar surface area (TPSA) is 58.4 Å². The highest BCUT2D eigenvalue weighted by molar-refractivity contribution is 5.79. The summed E-state index contributed by atoms with van der Waals surface area (Å²) in [4.78, 5) is 13.9. The summed E-state index contributed by atoms with van der Waals surface area (Å²) in [7, 11) is 1.66. The zero-order valence-electron chi connectivity index (χ0n) is 12.0. The fourth-order valence-electron chi connectivity index (χ4n) is 2.79. The lowest BCUT2D eigenvalue weighted by Crippen LogP contribution is -2.42. The van der Waals surface area contributed by atoms with Crippen molar-refractivity contribution >= 4 is 11.6 Å². The molecule has 0 radical (unpaired) electrons. The van der Waals surface area contributed by atoms with E-state index in [2.05, 4.69) is 10.2 Å². The quantitative estimate of drug-likeness (QED) is 0.887. The van der Waals surface area contributed by atoms with Gasteiger partial charge in [0.15, 0.2) is 0 Å². The Morgan fingerprint density at radius 3 is 2.95 bits per heavy atom. The first-order valence-electron chi connectivity index (χ1n) is 7.04. The van der Waals surface area contributed by atoms with E-state index in [9.17, 15) is 9.18 Å². The van der Waals surface area contributed by atoms with E-state index < -0.39 is 0 Å². The van der Waals surface area contributed by atoms with Gasteiger partial charge in [0.05, 0.1) is 5.92 Å². The van der Waals surface area contributed by atoms with Crippen molar-refractivity contribution in [3.05, 3.63) is 29.6 Å². The van der Waals surface area contributed by atoms with Crippen molar-refractivity contribution in [3.63, 3.8) is 0 Å². The molecule has 0 spiro atoms. The lowest BCUT2D eigenvalue weighted by atomic mass is 9.95. The lowest BCUT2D eigenvalue weighted by molar-refractivity contribution is -0.124. The Balaban J connectivity index is 2.24. The van der Waals surface area contributed by atoms with Crippen LogP contribution in [-0.4, -0.2) is 26.0 Å². The van der Waals surface area contributed by atoms with Gasteiger partial charge in [0.1, 0.15) is 5.82 Å². The van der Waals surface area contributed by atoms with E-state index in [4.69, 9.17) is 5.73 Å². The number of anilines is 1. The van der Waals surface area contributed by atoms with Gasteiger partial charge < -0.3 is 16.0 Å². The minimum absolute atomic E-state index is 0.0141. The molecule has 1 unspecified atom stereocenters. The van der Waals surface area contributed by atoms with Crippen LogP contribution in [0, 0.1) is 11.7 Å². The number of nitrogens with one attached hydrogen (secondary N) is 1. The first-order valence-corrected chi connectivity index (χ1v) is 7.04. The van der Waals surface area contributed by atoms with E-state index >= 15 is 0 Å². The third kappa shape index (κ3) is 3.10. The van der Waals surface area contributed by atoms with Crippen molar-refractivity contribution in [2.75, 3.05) is 25.0 Å². The summed E-state index contributed by atoms with van der Waals surface area (Å²) in [5.74, 6) is -0.222. The molecule has 110 valence electrons. The maximum absolute atomic E-state index is 13.4. The molecule has 3 N–H and O–H groups in total. The van der Waals surface area contributed by atoms with Crippen molar-refractivity contribution in [1.29, 1.82) is 0 Å². The second kappa shape index (κ2) is 6.22. The van der Waals surface area contributed by atoms with Gasteiger partial charge in [0.2, 0.25) is 5.91 Å². The average Bonchev–Trinajstić information content (AvgIpc) is 2.46. The van der Waals surface area contributed by atoms with Crippen LogP contribution in [-0.2, 0) is 4.79 Å². The highest BCUT2D eigenvalue weighted by Gasteiger charge is 2.26. The van der Waals surface area contributed by atoms with Crippen molar-refractivity contribution in [2.24, 2.45) is 11.7 Å². The van der Waals surface area contributed by atoms with Gasteiger partial charge in [-0.15, -0.1) is 0 Å². The van der Waals surface area contributed by atoms with E-state index in [1.54, 1.807) is 13.1 Å². The molecule has 0 aliphatic carbocycles. The Labute approximate surface area is 119 Å². The molecule has 5 heteroatoms. The minimum atomic E-state index is -0.277. The molecule has 1 aromatic rings. The number of amides is 1. The van der Waals surface area contributed by atoms with E-state index in [0.717, 1.165) is 30.6 Å². The fourth-order valence-corrected chi connectivity index (χ4v) is 2.79. The van der Waals surface area contributed by atoms with E-state index in [0.29, 0.717) is 6.54 Å². The summed E-state index contributed by atoms with van der Waals surface area (Å²) in [6, 6.07) is 4.47. The first-order chi connectivity index (χ1) is 9.52. The largest absolute Gasteiger partial charge is 0.370 e. The van der Waals surface area contributed by atoms with Crippen LogP contribution in [0.2, 0.25) is 0 Å². The zero-order chi connectivity index (χ0) is 14.7. The number of piperidine rings is 1. The highest BCUT2D eigenvalue weighted by Crippen LogP contribution is 2.30. The molecular formula is C15H22FN3O. The van der Waals surface area contributed by atoms with Gasteiger partial charge in [0, 0.05) is 31.9 Å². The molecule has 1 saturated heterocycles. The van der Waals surface area contributed by atoms with Crippen LogP contribution >= 0.6 is 0 Å². The third-order valence-electron chi connectivity index (χ3n) is 3.86. The Morgan fingerprint density at radius 2 is 2.30 bits per heavy atom. The summed E-state index contributed by atoms with van der Waals surface area (Å²) >= 11 is 0. The number of nitrogens with two attached hydrogens (primary N) is 1. The van der Waals surface area contributed by atoms with Crippen molar-refractivity contribution in [3.8, 4) is 0 Å². The van der Waals surface area contributed by atoms with Crippen molar-refractivity contribution in [2.45, 2.75) is 25.8 Å². The van der Waals surface area contributed by atoms with Crippen molar-refractivity contribution in [1.82, 2.24) is 5.32 Å². The highest BCUT2D eigenvalue weighted by atomic mass is 19.1. The standard InChI is InChI=1S/C15H22FN3O/c1-10(17)13-8-12(16)5-6-14(13)19-7-3-4-11(9-19)15(20)18-2/h5-6,8,10-11H,3-4,7,9,17H2,1-2H3,(H,18,20)/t10-,11?/m0/s1. The Bertz CT molecular complexity index is 490. The Hall–Kier alpha value is -1.62. The first kappa shape index (κ1) is 14.8. The van der Waals surface area contributed by atoms with Crippen LogP contribution in [0.4, 0.5) is 10.1 Å². The van der Waals surface area contributed by atoms with E-state index in [1.165, 1.54) is 12.1 Å². The molecule has 0 bridgehead atoms. The summed E-state index contributed by atoms with van der Waals surface area (Å²) in [5.41, 5.74) is 7.67. The molecule has 1 heterocycles. The number of hydrogen-bond acceptors (Lipinski definition) is 3. The lowest BCUT2D eigenvalue weighted by Gasteiger charge is -2.35. The molecule has 1 aliphatic rings. The molecule has 0 saturated carbocycles. The van der Waals surface area contributed by atoms with Crippen LogP contribution in [0.1, 0.15) is 31.4 Å². The van der Waals surface area contributed by atoms with Crippen molar-refractivity contribution < 1.29 is 9.18 Å². The van der Waals surface area contributed by atoms with Crippen LogP contribution in [0.25, 0.3) is 0 Å². The normalized spacial score (nSPS) is 20.6. The Kier molecular flexibility index (Phi) is 4.60. The maximum atomic E-state index is 13.4. The summed E-state index contributed by atoms with van der Waals surface area (Å²) in [6.45, 7) is 3.38. The molecule has 20 heavy (non-hydrogen) atoms. The summed E-state index contributed by atoms with van der Waals surface area (Å²) < 4.78 is 13.4. The van der Waals surface area contributed by atoms with Crippen LogP contribution in [0.15, 0.2) is 18.2 Å². The predicted molar refractivity (Wildman–Crippen MR) is 78.0 cm³/mol. The number of nitrogens with zero attached hydrogens (tertiary/aromatic N) is 1. The molecule has 1 aliphatic heterocycles. The monoisotopic (exact) mass is 279 g/mol. The van der Waals surface area contributed by atoms with E-state index in [1.807, 2.05) is 6.92 Å². The minimum Gasteiger partial charge on any atom is -0.370 e. The zero-order valence-corrected chi connectivity index (χ0v) is 12.0. The molecule has 1 aromatic carbocycles. The second-order valence-corrected chi connectivity index (χ2v) is 5.39. The Morgan fingerprint density at radius 1 is 1.55 bits per heavy atom. The SMILES string of the molecule is CNC(=O)C1CCCN(c2ccc(F)cc2[C@H](C)N)C1. The smallest absolute Gasteiger partial charge is 0.224 e. The van der Waals surface area contributed by atoms with Gasteiger partial charge in [0.25, 0.3) is 0 Å². The predicted octanol–water partition coefficient (Wildman–Crippen LogP) is 1.81. The van der Waals surface area contributed by atoms with Gasteiger partial charge >= 0.3 is 0 Å². The van der Waals surface area contributed by atoms with Gasteiger partial charge in [-0.3, -0.25) is 4.79 Å². The maximum Gasteiger partial charge on any atom is 0.224 e. The van der Waals surface area contributed by atoms with Crippen LogP contribution in [0.5, 0.6) is 0 Å². The van der Waals surface area contributed by atoms with Gasteiger partial charge in [-0.1, -0.05) is 0 Å². The van der Waals surface area contributed by atoms with Crippen LogP contribution < -0.4 is 16.0 Å². The number of rotatable bonds is 3. The average molecular weight is 279 g/mol. The number of hydrogen-bond donors (Lipinski definition) is 2. The number of carbonyl (C=O) groups excluding carboxylic acids is 1. The fraction of sp³-hybridized carbons (Fsp3) is 0.533. The van der Waals surface area contributed by atoms with Gasteiger partial charge in [-0.05, 0) is 43.5 Å². The van der Waals surface area contributed by atoms with Crippen LogP contribution in [0.3, 0.4) is 0 Å². The molecule has 1 amide bonds. The molecular weight excluding hydrogens is 257 g/mol. The second-order valence-electron chi connectivity index (χ2n) is 5.39. The summed E-state index contributed by atoms with van der Waals surface area (Å²) in [6.07, 6.45) is 1.85. The van der Waals surface area contributed by atoms with Gasteiger partial charge in [-0.25, -0.2) is 4.39 Å². The number of benzene rings is 1. The molecule has 0 aromatic heterocycles. The third-order valence-corrected chi connectivity index (χ3v) is 3.86. The van der Waals surface area contributed by atoms with E-state index in [-0.39, 0.29) is 23.7 Å².